The summed E-state index contributed by atoms with van der Waals surface area (Å²) in [6.07, 6.45) is 4.35. The van der Waals surface area contributed by atoms with Crippen LogP contribution in [0.3, 0.4) is 0 Å². The van der Waals surface area contributed by atoms with Gasteiger partial charge in [0.05, 0.1) is 5.52 Å². The number of hydrogen-bond donors (Lipinski definition) is 3. The average Bonchev–Trinajstić information content (AvgIpc) is 2.77. The molecule has 1 aromatic heterocycles. The topological polar surface area (TPSA) is 52.2 Å². The molecule has 3 aromatic rings. The molecule has 168 valence electrons. The smallest absolute Gasteiger partial charge is 0.171 e. The van der Waals surface area contributed by atoms with Crippen LogP contribution in [0.2, 0.25) is 0 Å². The second-order valence-electron chi connectivity index (χ2n) is 9.00. The van der Waals surface area contributed by atoms with E-state index in [0.717, 1.165) is 42.7 Å². The van der Waals surface area contributed by atoms with Crippen molar-refractivity contribution in [3.8, 4) is 0 Å². The zero-order valence-electron chi connectivity index (χ0n) is 19.4. The van der Waals surface area contributed by atoms with E-state index in [2.05, 4.69) is 91.3 Å². The Hall–Kier alpha value is -2.86. The minimum atomic E-state index is 0.402. The van der Waals surface area contributed by atoms with Crippen molar-refractivity contribution in [2.75, 3.05) is 29.6 Å². The van der Waals surface area contributed by atoms with Crippen molar-refractivity contribution in [3.05, 3.63) is 59.7 Å². The van der Waals surface area contributed by atoms with Gasteiger partial charge < -0.3 is 20.9 Å². The van der Waals surface area contributed by atoms with Crippen LogP contribution in [0.15, 0.2) is 48.5 Å². The normalized spacial score (nSPS) is 18.2. The second kappa shape index (κ2) is 9.74. The van der Waals surface area contributed by atoms with E-state index in [1.54, 1.807) is 0 Å². The Morgan fingerprint density at radius 1 is 0.938 bits per heavy atom. The van der Waals surface area contributed by atoms with Crippen LogP contribution < -0.4 is 20.9 Å². The van der Waals surface area contributed by atoms with Crippen LogP contribution in [0.1, 0.15) is 36.8 Å². The zero-order valence-corrected chi connectivity index (χ0v) is 20.2. The van der Waals surface area contributed by atoms with Crippen molar-refractivity contribution in [3.63, 3.8) is 0 Å². The van der Waals surface area contributed by atoms with Crippen LogP contribution in [-0.4, -0.2) is 36.3 Å². The number of benzene rings is 2. The predicted molar refractivity (Wildman–Crippen MR) is 141 cm³/mol. The van der Waals surface area contributed by atoms with Gasteiger partial charge in [0.1, 0.15) is 5.82 Å². The fourth-order valence-electron chi connectivity index (χ4n) is 4.54. The third kappa shape index (κ3) is 5.13. The van der Waals surface area contributed by atoms with Gasteiger partial charge in [-0.2, -0.15) is 0 Å². The van der Waals surface area contributed by atoms with Gasteiger partial charge in [-0.15, -0.1) is 0 Å². The van der Waals surface area contributed by atoms with E-state index in [9.17, 15) is 0 Å². The number of pyridine rings is 1. The molecule has 0 bridgehead atoms. The SMILES string of the molecule is Cc1cccc(C)c1NC(=S)N[C@H]1CC[C@@H](Nc2cc(N(C)C)c3ccccc3n2)CC1. The van der Waals surface area contributed by atoms with Crippen molar-refractivity contribution < 1.29 is 0 Å². The lowest BCUT2D eigenvalue weighted by atomic mass is 9.91. The summed E-state index contributed by atoms with van der Waals surface area (Å²) < 4.78 is 0. The molecular formula is C26H33N5S. The Balaban J connectivity index is 1.34. The molecule has 6 heteroatoms. The van der Waals surface area contributed by atoms with E-state index >= 15 is 0 Å². The Bertz CT molecular complexity index is 1080. The number of rotatable bonds is 5. The largest absolute Gasteiger partial charge is 0.377 e. The van der Waals surface area contributed by atoms with Gasteiger partial charge in [0.25, 0.3) is 0 Å². The fraction of sp³-hybridized carbons (Fsp3) is 0.385. The number of fused-ring (bicyclic) bond motifs is 1. The Kier molecular flexibility index (Phi) is 6.80. The minimum Gasteiger partial charge on any atom is -0.377 e. The summed E-state index contributed by atoms with van der Waals surface area (Å²) in [5, 5.41) is 12.5. The van der Waals surface area contributed by atoms with Crippen molar-refractivity contribution in [1.82, 2.24) is 10.3 Å². The van der Waals surface area contributed by atoms with E-state index < -0.39 is 0 Å². The number of nitrogens with one attached hydrogen (secondary N) is 3. The van der Waals surface area contributed by atoms with Gasteiger partial charge in [0.2, 0.25) is 0 Å². The highest BCUT2D eigenvalue weighted by Crippen LogP contribution is 2.29. The van der Waals surface area contributed by atoms with Gasteiger partial charge in [0.15, 0.2) is 5.11 Å². The van der Waals surface area contributed by atoms with Gasteiger partial charge in [-0.25, -0.2) is 4.98 Å². The summed E-state index contributed by atoms with van der Waals surface area (Å²) >= 11 is 5.60. The maximum absolute atomic E-state index is 5.60. The summed E-state index contributed by atoms with van der Waals surface area (Å²) in [5.74, 6) is 0.955. The lowest BCUT2D eigenvalue weighted by Gasteiger charge is -2.31. The maximum Gasteiger partial charge on any atom is 0.171 e. The molecule has 1 aliphatic carbocycles. The molecule has 1 fully saturated rings. The number of aromatic nitrogens is 1. The van der Waals surface area contributed by atoms with Crippen molar-refractivity contribution in [2.45, 2.75) is 51.6 Å². The molecule has 0 amide bonds. The molecule has 0 radical (unpaired) electrons. The average molecular weight is 448 g/mol. The van der Waals surface area contributed by atoms with Gasteiger partial charge >= 0.3 is 0 Å². The number of hydrogen-bond acceptors (Lipinski definition) is 4. The monoisotopic (exact) mass is 447 g/mol. The van der Waals surface area contributed by atoms with Crippen LogP contribution in [-0.2, 0) is 0 Å². The molecule has 5 nitrogen and oxygen atoms in total. The van der Waals surface area contributed by atoms with E-state index in [4.69, 9.17) is 17.2 Å². The fourth-order valence-corrected chi connectivity index (χ4v) is 4.81. The number of anilines is 3. The van der Waals surface area contributed by atoms with E-state index in [1.165, 1.54) is 22.2 Å². The van der Waals surface area contributed by atoms with E-state index in [-0.39, 0.29) is 0 Å². The summed E-state index contributed by atoms with van der Waals surface area (Å²) in [7, 11) is 4.16. The first kappa shape index (κ1) is 22.3. The number of para-hydroxylation sites is 2. The highest BCUT2D eigenvalue weighted by molar-refractivity contribution is 7.80. The van der Waals surface area contributed by atoms with Crippen molar-refractivity contribution >= 4 is 45.4 Å². The Morgan fingerprint density at radius 3 is 2.28 bits per heavy atom. The van der Waals surface area contributed by atoms with Crippen LogP contribution in [0, 0.1) is 13.8 Å². The molecule has 0 spiro atoms. The number of nitrogens with zero attached hydrogens (tertiary/aromatic N) is 2. The second-order valence-corrected chi connectivity index (χ2v) is 9.40. The van der Waals surface area contributed by atoms with Crippen molar-refractivity contribution in [2.24, 2.45) is 0 Å². The third-order valence-corrected chi connectivity index (χ3v) is 6.53. The van der Waals surface area contributed by atoms with E-state index in [0.29, 0.717) is 17.2 Å². The van der Waals surface area contributed by atoms with Gasteiger partial charge in [-0.05, 0) is 68.9 Å². The number of thiocarbonyl (C=S) groups is 1. The quantitative estimate of drug-likeness (QED) is 0.441. The molecule has 3 N–H and O–H groups in total. The molecule has 2 aromatic carbocycles. The van der Waals surface area contributed by atoms with Crippen LogP contribution in [0.25, 0.3) is 10.9 Å². The molecule has 1 heterocycles. The summed E-state index contributed by atoms with van der Waals surface area (Å²) in [6.45, 7) is 4.22. The molecule has 1 aliphatic rings. The van der Waals surface area contributed by atoms with Gasteiger partial charge in [0, 0.05) is 49.0 Å². The highest BCUT2D eigenvalue weighted by Gasteiger charge is 2.22. The molecular weight excluding hydrogens is 414 g/mol. The molecule has 0 atom stereocenters. The third-order valence-electron chi connectivity index (χ3n) is 6.31. The predicted octanol–water partition coefficient (Wildman–Crippen LogP) is 5.63. The summed E-state index contributed by atoms with van der Waals surface area (Å²) in [6, 6.07) is 17.6. The minimum absolute atomic E-state index is 0.402. The number of aryl methyl sites for hydroxylation is 2. The molecule has 4 rings (SSSR count). The summed E-state index contributed by atoms with van der Waals surface area (Å²) in [4.78, 5) is 7.01. The first-order valence-electron chi connectivity index (χ1n) is 11.4. The molecule has 0 unspecified atom stereocenters. The zero-order chi connectivity index (χ0) is 22.7. The van der Waals surface area contributed by atoms with Gasteiger partial charge in [-0.1, -0.05) is 36.4 Å². The van der Waals surface area contributed by atoms with E-state index in [1.807, 2.05) is 6.07 Å². The molecule has 0 saturated heterocycles. The Labute approximate surface area is 196 Å². The first-order chi connectivity index (χ1) is 15.4. The Morgan fingerprint density at radius 2 is 1.59 bits per heavy atom. The van der Waals surface area contributed by atoms with Crippen LogP contribution in [0.4, 0.5) is 17.2 Å². The molecule has 1 saturated carbocycles. The molecule has 0 aliphatic heterocycles. The van der Waals surface area contributed by atoms with Crippen LogP contribution >= 0.6 is 12.2 Å². The van der Waals surface area contributed by atoms with Crippen LogP contribution in [0.5, 0.6) is 0 Å². The molecule has 32 heavy (non-hydrogen) atoms. The van der Waals surface area contributed by atoms with Gasteiger partial charge in [-0.3, -0.25) is 0 Å². The highest BCUT2D eigenvalue weighted by atomic mass is 32.1. The standard InChI is InChI=1S/C26H33N5S/c1-17-8-7-9-18(2)25(17)30-26(32)28-20-14-12-19(13-15-20)27-24-16-23(31(3)4)21-10-5-6-11-22(21)29-24/h5-11,16,19-20H,12-15H2,1-4H3,(H,27,29)(H2,28,30,32)/t19-,20+. The first-order valence-corrected chi connectivity index (χ1v) is 11.8. The van der Waals surface area contributed by atoms with Crippen molar-refractivity contribution in [1.29, 1.82) is 0 Å². The summed E-state index contributed by atoms with van der Waals surface area (Å²) in [5.41, 5.74) is 5.75. The maximum atomic E-state index is 5.60. The lowest BCUT2D eigenvalue weighted by Crippen LogP contribution is -2.42. The lowest BCUT2D eigenvalue weighted by molar-refractivity contribution is 0.388.